The Morgan fingerprint density at radius 1 is 1.35 bits per heavy atom. The summed E-state index contributed by atoms with van der Waals surface area (Å²) < 4.78 is 0. The van der Waals surface area contributed by atoms with Gasteiger partial charge in [-0.1, -0.05) is 38.5 Å². The van der Waals surface area contributed by atoms with E-state index in [4.69, 9.17) is 5.11 Å². The summed E-state index contributed by atoms with van der Waals surface area (Å²) in [4.78, 5) is 10.8. The van der Waals surface area contributed by atoms with Crippen LogP contribution >= 0.6 is 0 Å². The van der Waals surface area contributed by atoms with Gasteiger partial charge in [0.2, 0.25) is 0 Å². The molecular formula is C20H32O3. The molecule has 0 aromatic heterocycles. The van der Waals surface area contributed by atoms with E-state index in [1.807, 2.05) is 6.92 Å². The molecule has 0 aliphatic heterocycles. The van der Waals surface area contributed by atoms with E-state index in [9.17, 15) is 9.90 Å². The number of hydrogen-bond donors (Lipinski definition) is 2. The van der Waals surface area contributed by atoms with Gasteiger partial charge in [-0.25, -0.2) is 4.79 Å². The summed E-state index contributed by atoms with van der Waals surface area (Å²) in [6.45, 7) is 13.0. The average Bonchev–Trinajstić information content (AvgIpc) is 2.42. The number of carbonyl (C=O) groups is 1. The zero-order valence-electron chi connectivity index (χ0n) is 15.1. The SMILES string of the molecule is C=C1CCC2C(C)(C)C(O)CCC2(C)C1CC/C(C)=C\C(=O)O. The Balaban J connectivity index is 2.21. The maximum absolute atomic E-state index is 10.8. The monoisotopic (exact) mass is 320 g/mol. The van der Waals surface area contributed by atoms with Crippen molar-refractivity contribution in [1.82, 2.24) is 0 Å². The lowest BCUT2D eigenvalue weighted by atomic mass is 9.46. The number of rotatable bonds is 4. The summed E-state index contributed by atoms with van der Waals surface area (Å²) >= 11 is 0. The van der Waals surface area contributed by atoms with Crippen LogP contribution in [0.1, 0.15) is 66.2 Å². The van der Waals surface area contributed by atoms with Gasteiger partial charge < -0.3 is 10.2 Å². The van der Waals surface area contributed by atoms with Crippen molar-refractivity contribution in [3.8, 4) is 0 Å². The van der Waals surface area contributed by atoms with Crippen LogP contribution in [0.4, 0.5) is 0 Å². The molecule has 4 unspecified atom stereocenters. The standard InChI is InChI=1S/C20H32O3/c1-13(12-18(22)23)6-8-15-14(2)7-9-16-19(3,4)17(21)10-11-20(15,16)5/h12,15-17,21H,2,6-11H2,1,3-5H3,(H,22,23)/b13-12-. The number of carboxylic acids is 1. The Morgan fingerprint density at radius 2 is 2.00 bits per heavy atom. The largest absolute Gasteiger partial charge is 0.478 e. The minimum absolute atomic E-state index is 0.0576. The highest BCUT2D eigenvalue weighted by Gasteiger charge is 2.55. The van der Waals surface area contributed by atoms with Gasteiger partial charge in [-0.2, -0.15) is 0 Å². The second kappa shape index (κ2) is 6.43. The first-order valence-corrected chi connectivity index (χ1v) is 8.85. The van der Waals surface area contributed by atoms with Crippen LogP contribution in [0.3, 0.4) is 0 Å². The molecule has 0 heterocycles. The lowest BCUT2D eigenvalue weighted by molar-refractivity contribution is -0.131. The van der Waals surface area contributed by atoms with Crippen molar-refractivity contribution in [3.63, 3.8) is 0 Å². The first kappa shape index (κ1) is 18.3. The van der Waals surface area contributed by atoms with Gasteiger partial charge in [-0.3, -0.25) is 0 Å². The van der Waals surface area contributed by atoms with Crippen LogP contribution in [0.25, 0.3) is 0 Å². The summed E-state index contributed by atoms with van der Waals surface area (Å²) in [7, 11) is 0. The van der Waals surface area contributed by atoms with Gasteiger partial charge in [-0.05, 0) is 68.1 Å². The molecule has 3 heteroatoms. The Kier molecular flexibility index (Phi) is 5.10. The number of allylic oxidation sites excluding steroid dienone is 2. The summed E-state index contributed by atoms with van der Waals surface area (Å²) in [5.41, 5.74) is 2.35. The van der Waals surface area contributed by atoms with Crippen molar-refractivity contribution in [2.24, 2.45) is 22.7 Å². The van der Waals surface area contributed by atoms with E-state index in [2.05, 4.69) is 27.4 Å². The van der Waals surface area contributed by atoms with Crippen molar-refractivity contribution in [3.05, 3.63) is 23.8 Å². The zero-order chi connectivity index (χ0) is 17.4. The van der Waals surface area contributed by atoms with Gasteiger partial charge in [0.05, 0.1) is 6.10 Å². The minimum Gasteiger partial charge on any atom is -0.478 e. The lowest BCUT2D eigenvalue weighted by Crippen LogP contribution is -2.54. The Bertz CT molecular complexity index is 517. The first-order valence-electron chi connectivity index (χ1n) is 8.85. The molecule has 2 aliphatic rings. The average molecular weight is 320 g/mol. The van der Waals surface area contributed by atoms with Gasteiger partial charge in [0, 0.05) is 6.08 Å². The summed E-state index contributed by atoms with van der Waals surface area (Å²) in [5, 5.41) is 19.3. The molecule has 0 aromatic rings. The van der Waals surface area contributed by atoms with E-state index in [0.717, 1.165) is 44.1 Å². The molecule has 0 amide bonds. The van der Waals surface area contributed by atoms with Gasteiger partial charge in [0.25, 0.3) is 0 Å². The molecule has 0 saturated heterocycles. The smallest absolute Gasteiger partial charge is 0.328 e. The maximum Gasteiger partial charge on any atom is 0.328 e. The van der Waals surface area contributed by atoms with Crippen LogP contribution in [0.5, 0.6) is 0 Å². The normalized spacial score (nSPS) is 37.3. The number of aliphatic hydroxyl groups excluding tert-OH is 1. The van der Waals surface area contributed by atoms with Gasteiger partial charge in [0.1, 0.15) is 0 Å². The van der Waals surface area contributed by atoms with Crippen LogP contribution < -0.4 is 0 Å². The van der Waals surface area contributed by atoms with Crippen molar-refractivity contribution < 1.29 is 15.0 Å². The number of carboxylic acid groups (broad SMARTS) is 1. The van der Waals surface area contributed by atoms with Crippen LogP contribution in [0, 0.1) is 22.7 Å². The predicted octanol–water partition coefficient (Wildman–Crippen LogP) is 4.57. The van der Waals surface area contributed by atoms with Crippen LogP contribution in [-0.2, 0) is 4.79 Å². The molecule has 0 aromatic carbocycles. The van der Waals surface area contributed by atoms with Crippen molar-refractivity contribution in [2.75, 3.05) is 0 Å². The molecule has 3 nitrogen and oxygen atoms in total. The first-order chi connectivity index (χ1) is 10.6. The molecule has 0 radical (unpaired) electrons. The fraction of sp³-hybridized carbons (Fsp3) is 0.750. The highest BCUT2D eigenvalue weighted by Crippen LogP contribution is 2.61. The van der Waals surface area contributed by atoms with E-state index in [-0.39, 0.29) is 16.9 Å². The second-order valence-electron chi connectivity index (χ2n) is 8.55. The molecule has 23 heavy (non-hydrogen) atoms. The minimum atomic E-state index is -0.865. The molecule has 2 fully saturated rings. The van der Waals surface area contributed by atoms with E-state index >= 15 is 0 Å². The molecule has 130 valence electrons. The van der Waals surface area contributed by atoms with E-state index in [1.165, 1.54) is 11.6 Å². The van der Waals surface area contributed by atoms with Crippen molar-refractivity contribution in [1.29, 1.82) is 0 Å². The molecule has 2 rings (SSSR count). The molecule has 0 bridgehead atoms. The second-order valence-corrected chi connectivity index (χ2v) is 8.55. The van der Waals surface area contributed by atoms with Crippen molar-refractivity contribution >= 4 is 5.97 Å². The van der Waals surface area contributed by atoms with Gasteiger partial charge in [-0.15, -0.1) is 0 Å². The Morgan fingerprint density at radius 3 is 2.61 bits per heavy atom. The summed E-state index contributed by atoms with van der Waals surface area (Å²) in [6.07, 6.45) is 6.90. The van der Waals surface area contributed by atoms with Gasteiger partial charge >= 0.3 is 5.97 Å². The molecule has 4 atom stereocenters. The number of hydrogen-bond acceptors (Lipinski definition) is 2. The third-order valence-electron chi connectivity index (χ3n) is 6.75. The highest BCUT2D eigenvalue weighted by molar-refractivity contribution is 5.80. The van der Waals surface area contributed by atoms with Crippen LogP contribution in [0.15, 0.2) is 23.8 Å². The zero-order valence-corrected chi connectivity index (χ0v) is 15.1. The van der Waals surface area contributed by atoms with E-state index in [0.29, 0.717) is 11.8 Å². The van der Waals surface area contributed by atoms with Crippen molar-refractivity contribution in [2.45, 2.75) is 72.3 Å². The topological polar surface area (TPSA) is 57.5 Å². The molecule has 2 N–H and O–H groups in total. The molecular weight excluding hydrogens is 288 g/mol. The fourth-order valence-corrected chi connectivity index (χ4v) is 5.35. The van der Waals surface area contributed by atoms with Crippen LogP contribution in [-0.4, -0.2) is 22.3 Å². The quantitative estimate of drug-likeness (QED) is 0.589. The van der Waals surface area contributed by atoms with Gasteiger partial charge in [0.15, 0.2) is 0 Å². The van der Waals surface area contributed by atoms with E-state index in [1.54, 1.807) is 0 Å². The lowest BCUT2D eigenvalue weighted by Gasteiger charge is -2.59. The number of aliphatic hydroxyl groups is 1. The maximum atomic E-state index is 10.8. The molecule has 2 aliphatic carbocycles. The predicted molar refractivity (Wildman–Crippen MR) is 93.1 cm³/mol. The Hall–Kier alpha value is -1.09. The van der Waals surface area contributed by atoms with E-state index < -0.39 is 5.97 Å². The molecule has 2 saturated carbocycles. The highest BCUT2D eigenvalue weighted by atomic mass is 16.4. The summed E-state index contributed by atoms with van der Waals surface area (Å²) in [5.74, 6) is 0.0548. The third kappa shape index (κ3) is 3.40. The molecule has 0 spiro atoms. The number of fused-ring (bicyclic) bond motifs is 1. The van der Waals surface area contributed by atoms with Crippen LogP contribution in [0.2, 0.25) is 0 Å². The summed E-state index contributed by atoms with van der Waals surface area (Å²) in [6, 6.07) is 0. The fourth-order valence-electron chi connectivity index (χ4n) is 5.35. The Labute approximate surface area is 140 Å². The number of aliphatic carboxylic acids is 1. The third-order valence-corrected chi connectivity index (χ3v) is 6.75.